The number of hydrogen-bond donors (Lipinski definition) is 0. The Labute approximate surface area is 130 Å². The number of ether oxygens (including phenoxy) is 3. The van der Waals surface area contributed by atoms with Gasteiger partial charge in [0.25, 0.3) is 0 Å². The minimum atomic E-state index is 0.726. The summed E-state index contributed by atoms with van der Waals surface area (Å²) in [6.45, 7) is 15.6. The zero-order chi connectivity index (χ0) is 15.2. The first-order valence-electron chi connectivity index (χ1n) is 8.36. The normalized spacial score (nSPS) is 16.7. The summed E-state index contributed by atoms with van der Waals surface area (Å²) in [4.78, 5) is 4.76. The third-order valence-corrected chi connectivity index (χ3v) is 3.80. The van der Waals surface area contributed by atoms with Gasteiger partial charge in [0.15, 0.2) is 0 Å². The maximum Gasteiger partial charge on any atom is 0.0594 e. The fourth-order valence-electron chi connectivity index (χ4n) is 2.27. The maximum atomic E-state index is 5.62. The summed E-state index contributed by atoms with van der Waals surface area (Å²) in [5.41, 5.74) is 0. The highest BCUT2D eigenvalue weighted by Crippen LogP contribution is 1.97. The monoisotopic (exact) mass is 301 g/mol. The molecule has 0 atom stereocenters. The molecule has 0 saturated carbocycles. The number of morpholine rings is 1. The summed E-state index contributed by atoms with van der Waals surface area (Å²) in [6.07, 6.45) is 3.13. The lowest BCUT2D eigenvalue weighted by Crippen LogP contribution is -2.38. The van der Waals surface area contributed by atoms with E-state index >= 15 is 0 Å². The van der Waals surface area contributed by atoms with Gasteiger partial charge in [-0.25, -0.2) is 0 Å². The van der Waals surface area contributed by atoms with E-state index in [0.29, 0.717) is 0 Å². The highest BCUT2D eigenvalue weighted by Gasteiger charge is 2.09. The average Bonchev–Trinajstić information content (AvgIpc) is 2.54. The van der Waals surface area contributed by atoms with Gasteiger partial charge in [-0.3, -0.25) is 4.90 Å². The smallest absolute Gasteiger partial charge is 0.0594 e. The molecule has 1 heterocycles. The van der Waals surface area contributed by atoms with Crippen LogP contribution in [0, 0.1) is 6.42 Å². The van der Waals surface area contributed by atoms with Crippen molar-refractivity contribution in [3.63, 3.8) is 0 Å². The van der Waals surface area contributed by atoms with Crippen molar-refractivity contribution in [1.82, 2.24) is 9.80 Å². The fraction of sp³-hybridized carbons (Fsp3) is 0.938. The Kier molecular flexibility index (Phi) is 12.1. The topological polar surface area (TPSA) is 34.2 Å². The van der Waals surface area contributed by atoms with Gasteiger partial charge in [0, 0.05) is 39.4 Å². The van der Waals surface area contributed by atoms with Gasteiger partial charge in [0.1, 0.15) is 0 Å². The van der Waals surface area contributed by atoms with E-state index in [1.54, 1.807) is 0 Å². The third kappa shape index (κ3) is 10.2. The summed E-state index contributed by atoms with van der Waals surface area (Å²) in [6, 6.07) is 0. The molecule has 0 aliphatic carbocycles. The summed E-state index contributed by atoms with van der Waals surface area (Å²) >= 11 is 0. The van der Waals surface area contributed by atoms with Gasteiger partial charge in [-0.15, -0.1) is 0 Å². The van der Waals surface area contributed by atoms with E-state index in [-0.39, 0.29) is 0 Å². The van der Waals surface area contributed by atoms with Crippen molar-refractivity contribution in [2.45, 2.75) is 20.3 Å². The van der Waals surface area contributed by atoms with Gasteiger partial charge in [-0.1, -0.05) is 13.8 Å². The predicted octanol–water partition coefficient (Wildman–Crippen LogP) is 1.29. The summed E-state index contributed by atoms with van der Waals surface area (Å²) in [5.74, 6) is 0. The van der Waals surface area contributed by atoms with Crippen molar-refractivity contribution >= 4 is 0 Å². The van der Waals surface area contributed by atoms with Crippen molar-refractivity contribution in [3.8, 4) is 0 Å². The SMILES string of the molecule is CCN(CC)CCOCC[CH]COCCN1CCOCC1. The van der Waals surface area contributed by atoms with Crippen LogP contribution in [0.15, 0.2) is 0 Å². The molecule has 1 aliphatic rings. The Morgan fingerprint density at radius 2 is 1.81 bits per heavy atom. The van der Waals surface area contributed by atoms with Crippen LogP contribution < -0.4 is 0 Å². The summed E-state index contributed by atoms with van der Waals surface area (Å²) in [5, 5.41) is 0. The molecule has 1 fully saturated rings. The largest absolute Gasteiger partial charge is 0.380 e. The Bertz CT molecular complexity index is 220. The highest BCUT2D eigenvalue weighted by atomic mass is 16.5. The number of likely N-dealkylation sites (N-methyl/N-ethyl adjacent to an activating group) is 1. The molecule has 0 spiro atoms. The molecule has 125 valence electrons. The zero-order valence-electron chi connectivity index (χ0n) is 13.9. The van der Waals surface area contributed by atoms with Crippen LogP contribution in [-0.4, -0.2) is 88.7 Å². The zero-order valence-corrected chi connectivity index (χ0v) is 13.9. The number of rotatable bonds is 13. The van der Waals surface area contributed by atoms with Crippen LogP contribution in [0.1, 0.15) is 20.3 Å². The van der Waals surface area contributed by atoms with Crippen LogP contribution in [0.2, 0.25) is 0 Å². The molecule has 0 aromatic rings. The lowest BCUT2D eigenvalue weighted by Gasteiger charge is -2.26. The lowest BCUT2D eigenvalue weighted by molar-refractivity contribution is 0.0221. The molecule has 1 saturated heterocycles. The first-order valence-corrected chi connectivity index (χ1v) is 8.36. The average molecular weight is 301 g/mol. The van der Waals surface area contributed by atoms with Crippen molar-refractivity contribution in [3.05, 3.63) is 6.42 Å². The molecule has 1 radical (unpaired) electrons. The second-order valence-electron chi connectivity index (χ2n) is 5.25. The molecule has 21 heavy (non-hydrogen) atoms. The molecule has 0 amide bonds. The Balaban J connectivity index is 1.76. The van der Waals surface area contributed by atoms with Crippen molar-refractivity contribution < 1.29 is 14.2 Å². The maximum absolute atomic E-state index is 5.62. The number of hydrogen-bond acceptors (Lipinski definition) is 5. The molecule has 0 unspecified atom stereocenters. The molecule has 0 bridgehead atoms. The van der Waals surface area contributed by atoms with Gasteiger partial charge in [0.2, 0.25) is 0 Å². The van der Waals surface area contributed by atoms with Crippen LogP contribution in [-0.2, 0) is 14.2 Å². The molecule has 5 nitrogen and oxygen atoms in total. The Morgan fingerprint density at radius 1 is 1.05 bits per heavy atom. The van der Waals surface area contributed by atoms with Crippen LogP contribution in [0.4, 0.5) is 0 Å². The lowest BCUT2D eigenvalue weighted by atomic mass is 10.3. The molecule has 0 aromatic carbocycles. The van der Waals surface area contributed by atoms with Crippen LogP contribution >= 0.6 is 0 Å². The van der Waals surface area contributed by atoms with E-state index in [0.717, 1.165) is 85.3 Å². The Hall–Kier alpha value is -0.200. The predicted molar refractivity (Wildman–Crippen MR) is 85.6 cm³/mol. The van der Waals surface area contributed by atoms with Gasteiger partial charge in [0.05, 0.1) is 26.4 Å². The first-order chi connectivity index (χ1) is 10.4. The van der Waals surface area contributed by atoms with E-state index in [1.165, 1.54) is 0 Å². The highest BCUT2D eigenvalue weighted by molar-refractivity contribution is 4.64. The van der Waals surface area contributed by atoms with Crippen molar-refractivity contribution in [1.29, 1.82) is 0 Å². The van der Waals surface area contributed by atoms with Crippen LogP contribution in [0.25, 0.3) is 0 Å². The van der Waals surface area contributed by atoms with Crippen LogP contribution in [0.5, 0.6) is 0 Å². The van der Waals surface area contributed by atoms with E-state index in [1.807, 2.05) is 0 Å². The second kappa shape index (κ2) is 13.5. The van der Waals surface area contributed by atoms with Crippen molar-refractivity contribution in [2.24, 2.45) is 0 Å². The molecule has 1 aliphatic heterocycles. The van der Waals surface area contributed by atoms with E-state index in [4.69, 9.17) is 14.2 Å². The molecular formula is C16H33N2O3. The third-order valence-electron chi connectivity index (χ3n) is 3.80. The van der Waals surface area contributed by atoms with Gasteiger partial charge < -0.3 is 19.1 Å². The van der Waals surface area contributed by atoms with Gasteiger partial charge >= 0.3 is 0 Å². The fourth-order valence-corrected chi connectivity index (χ4v) is 2.27. The summed E-state index contributed by atoms with van der Waals surface area (Å²) < 4.78 is 16.5. The quantitative estimate of drug-likeness (QED) is 0.479. The van der Waals surface area contributed by atoms with Gasteiger partial charge in [-0.2, -0.15) is 0 Å². The molecule has 5 heteroatoms. The standard InChI is InChI=1S/C16H33N2O3/c1-3-17(4-2)7-13-19-11-5-6-12-20-14-8-18-9-15-21-16-10-18/h6H,3-5,7-16H2,1-2H3. The summed E-state index contributed by atoms with van der Waals surface area (Å²) in [7, 11) is 0. The van der Waals surface area contributed by atoms with Crippen molar-refractivity contribution in [2.75, 3.05) is 78.9 Å². The molecule has 0 N–H and O–H groups in total. The Morgan fingerprint density at radius 3 is 2.52 bits per heavy atom. The molecule has 0 aromatic heterocycles. The molecule has 1 rings (SSSR count). The van der Waals surface area contributed by atoms with E-state index in [9.17, 15) is 0 Å². The second-order valence-corrected chi connectivity index (χ2v) is 5.25. The minimum absolute atomic E-state index is 0.726. The number of nitrogens with zero attached hydrogens (tertiary/aromatic N) is 2. The van der Waals surface area contributed by atoms with Gasteiger partial charge in [-0.05, 0) is 25.9 Å². The van der Waals surface area contributed by atoms with Crippen LogP contribution in [0.3, 0.4) is 0 Å². The minimum Gasteiger partial charge on any atom is -0.380 e. The first kappa shape index (κ1) is 18.8. The van der Waals surface area contributed by atoms with E-state index in [2.05, 4.69) is 30.1 Å². The molecular weight excluding hydrogens is 268 g/mol. The number of unbranched alkanes of at least 4 members (excludes halogenated alkanes) is 1. The van der Waals surface area contributed by atoms with E-state index < -0.39 is 0 Å².